The van der Waals surface area contributed by atoms with Gasteiger partial charge in [-0.3, -0.25) is 0 Å². The van der Waals surface area contributed by atoms with E-state index in [1.165, 1.54) is 5.56 Å². The molecule has 1 aliphatic rings. The maximum atomic E-state index is 8.94. The molecule has 2 heterocycles. The van der Waals surface area contributed by atoms with Crippen molar-refractivity contribution < 1.29 is 4.74 Å². The number of hydrogen-bond donors (Lipinski definition) is 0. The highest BCUT2D eigenvalue weighted by atomic mass is 16.5. The van der Waals surface area contributed by atoms with Gasteiger partial charge in [-0.1, -0.05) is 24.3 Å². The fraction of sp³-hybridized carbons (Fsp3) is 0.190. The predicted molar refractivity (Wildman–Crippen MR) is 102 cm³/mol. The average Bonchev–Trinajstić information content (AvgIpc) is 3.46. The van der Waals surface area contributed by atoms with E-state index in [4.69, 9.17) is 10.00 Å². The first-order chi connectivity index (χ1) is 13.7. The van der Waals surface area contributed by atoms with Gasteiger partial charge in [-0.05, 0) is 42.7 Å². The molecule has 2 aromatic heterocycles. The summed E-state index contributed by atoms with van der Waals surface area (Å²) in [6.07, 6.45) is 3.71. The standard InChI is InChI=1S/C21H16N6O/c1-28-17-8-6-16(7-9-17)21(10-11-21)19-25-26-20-24-18(13-23-27(19)20)15-4-2-14(12-22)3-5-15/h2-9,13H,10-11H2,1H3. The van der Waals surface area contributed by atoms with Gasteiger partial charge in [0.2, 0.25) is 0 Å². The van der Waals surface area contributed by atoms with Gasteiger partial charge in [-0.2, -0.15) is 14.9 Å². The van der Waals surface area contributed by atoms with Crippen LogP contribution in [-0.4, -0.2) is 31.9 Å². The van der Waals surface area contributed by atoms with Crippen LogP contribution in [0.3, 0.4) is 0 Å². The van der Waals surface area contributed by atoms with Gasteiger partial charge in [0.05, 0.1) is 36.0 Å². The highest BCUT2D eigenvalue weighted by Crippen LogP contribution is 2.52. The van der Waals surface area contributed by atoms with Crippen molar-refractivity contribution in [3.63, 3.8) is 0 Å². The van der Waals surface area contributed by atoms with Crippen LogP contribution < -0.4 is 4.74 Å². The molecule has 0 amide bonds. The summed E-state index contributed by atoms with van der Waals surface area (Å²) in [7, 11) is 1.66. The number of nitriles is 1. The lowest BCUT2D eigenvalue weighted by atomic mass is 9.95. The number of ether oxygens (including phenoxy) is 1. The normalized spacial score (nSPS) is 14.6. The molecular formula is C21H16N6O. The lowest BCUT2D eigenvalue weighted by Crippen LogP contribution is -2.15. The monoisotopic (exact) mass is 368 g/mol. The first-order valence-corrected chi connectivity index (χ1v) is 8.97. The summed E-state index contributed by atoms with van der Waals surface area (Å²) in [5.41, 5.74) is 3.20. The molecule has 0 bridgehead atoms. The molecule has 0 atom stereocenters. The van der Waals surface area contributed by atoms with Crippen LogP contribution in [0.5, 0.6) is 5.75 Å². The largest absolute Gasteiger partial charge is 0.497 e. The van der Waals surface area contributed by atoms with Gasteiger partial charge in [0.25, 0.3) is 5.78 Å². The van der Waals surface area contributed by atoms with E-state index < -0.39 is 0 Å². The Morgan fingerprint density at radius 2 is 1.79 bits per heavy atom. The van der Waals surface area contributed by atoms with Crippen LogP contribution >= 0.6 is 0 Å². The van der Waals surface area contributed by atoms with Crippen LogP contribution in [0.4, 0.5) is 0 Å². The third-order valence-corrected chi connectivity index (χ3v) is 5.27. The third kappa shape index (κ3) is 2.50. The molecule has 0 aliphatic heterocycles. The lowest BCUT2D eigenvalue weighted by Gasteiger charge is -2.13. The molecule has 1 aliphatic carbocycles. The van der Waals surface area contributed by atoms with Crippen molar-refractivity contribution in [3.05, 3.63) is 71.7 Å². The summed E-state index contributed by atoms with van der Waals surface area (Å²) in [6.45, 7) is 0. The van der Waals surface area contributed by atoms with E-state index in [2.05, 4.69) is 38.5 Å². The molecule has 1 fully saturated rings. The lowest BCUT2D eigenvalue weighted by molar-refractivity contribution is 0.414. The minimum atomic E-state index is -0.170. The fourth-order valence-electron chi connectivity index (χ4n) is 3.53. The Labute approximate surface area is 161 Å². The first-order valence-electron chi connectivity index (χ1n) is 8.97. The molecule has 7 heteroatoms. The number of hydrogen-bond acceptors (Lipinski definition) is 6. The second-order valence-electron chi connectivity index (χ2n) is 6.88. The van der Waals surface area contributed by atoms with E-state index >= 15 is 0 Å². The van der Waals surface area contributed by atoms with E-state index in [9.17, 15) is 0 Å². The summed E-state index contributed by atoms with van der Waals surface area (Å²) in [6, 6.07) is 17.4. The van der Waals surface area contributed by atoms with Crippen LogP contribution in [0.1, 0.15) is 29.8 Å². The van der Waals surface area contributed by atoms with Gasteiger partial charge in [-0.15, -0.1) is 10.2 Å². The Kier molecular flexibility index (Phi) is 3.59. The van der Waals surface area contributed by atoms with Crippen LogP contribution in [0.25, 0.3) is 17.0 Å². The number of methoxy groups -OCH3 is 1. The zero-order valence-corrected chi connectivity index (χ0v) is 15.2. The van der Waals surface area contributed by atoms with Crippen molar-refractivity contribution in [1.29, 1.82) is 5.26 Å². The Balaban J connectivity index is 1.53. The average molecular weight is 368 g/mol. The molecule has 0 unspecified atom stereocenters. The number of rotatable bonds is 4. The Morgan fingerprint density at radius 1 is 1.04 bits per heavy atom. The van der Waals surface area contributed by atoms with Crippen molar-refractivity contribution in [1.82, 2.24) is 24.8 Å². The maximum Gasteiger partial charge on any atom is 0.272 e. The molecule has 28 heavy (non-hydrogen) atoms. The van der Waals surface area contributed by atoms with Crippen molar-refractivity contribution in [3.8, 4) is 23.1 Å². The van der Waals surface area contributed by atoms with Gasteiger partial charge in [0.1, 0.15) is 5.75 Å². The van der Waals surface area contributed by atoms with Gasteiger partial charge in [0.15, 0.2) is 5.82 Å². The number of benzene rings is 2. The van der Waals surface area contributed by atoms with E-state index in [0.717, 1.165) is 30.0 Å². The predicted octanol–water partition coefficient (Wildman–Crippen LogP) is 3.15. The minimum Gasteiger partial charge on any atom is -0.497 e. The van der Waals surface area contributed by atoms with Crippen LogP contribution in [-0.2, 0) is 5.41 Å². The van der Waals surface area contributed by atoms with Crippen LogP contribution in [0, 0.1) is 11.3 Å². The van der Waals surface area contributed by atoms with Gasteiger partial charge >= 0.3 is 0 Å². The van der Waals surface area contributed by atoms with E-state index in [1.807, 2.05) is 24.3 Å². The summed E-state index contributed by atoms with van der Waals surface area (Å²) in [4.78, 5) is 4.61. The molecule has 1 saturated carbocycles. The molecule has 5 rings (SSSR count). The minimum absolute atomic E-state index is 0.170. The topological polar surface area (TPSA) is 89.0 Å². The fourth-order valence-corrected chi connectivity index (χ4v) is 3.53. The second kappa shape index (κ2) is 6.13. The summed E-state index contributed by atoms with van der Waals surface area (Å²) < 4.78 is 6.99. The molecule has 0 N–H and O–H groups in total. The third-order valence-electron chi connectivity index (χ3n) is 5.27. The molecule has 136 valence electrons. The van der Waals surface area contributed by atoms with Crippen molar-refractivity contribution in [2.75, 3.05) is 7.11 Å². The molecular weight excluding hydrogens is 352 g/mol. The van der Waals surface area contributed by atoms with Crippen molar-refractivity contribution >= 4 is 5.78 Å². The molecule has 0 saturated heterocycles. The van der Waals surface area contributed by atoms with E-state index in [-0.39, 0.29) is 5.41 Å². The zero-order valence-electron chi connectivity index (χ0n) is 15.2. The Hall–Kier alpha value is -3.79. The molecule has 0 radical (unpaired) electrons. The SMILES string of the molecule is COc1ccc(C2(c3nnc4nc(-c5ccc(C#N)cc5)cnn34)CC2)cc1. The highest BCUT2D eigenvalue weighted by molar-refractivity contribution is 5.60. The second-order valence-corrected chi connectivity index (χ2v) is 6.88. The maximum absolute atomic E-state index is 8.94. The summed E-state index contributed by atoms with van der Waals surface area (Å²) >= 11 is 0. The summed E-state index contributed by atoms with van der Waals surface area (Å²) in [5.74, 6) is 2.11. The van der Waals surface area contributed by atoms with Gasteiger partial charge in [0, 0.05) is 5.56 Å². The highest BCUT2D eigenvalue weighted by Gasteiger charge is 2.50. The first kappa shape index (κ1) is 16.4. The molecule has 0 spiro atoms. The van der Waals surface area contributed by atoms with Crippen molar-refractivity contribution in [2.45, 2.75) is 18.3 Å². The smallest absolute Gasteiger partial charge is 0.272 e. The van der Waals surface area contributed by atoms with Crippen LogP contribution in [0.15, 0.2) is 54.7 Å². The quantitative estimate of drug-likeness (QED) is 0.550. The number of aromatic nitrogens is 5. The van der Waals surface area contributed by atoms with Crippen molar-refractivity contribution in [2.24, 2.45) is 0 Å². The number of fused-ring (bicyclic) bond motifs is 1. The van der Waals surface area contributed by atoms with Crippen LogP contribution in [0.2, 0.25) is 0 Å². The summed E-state index contributed by atoms with van der Waals surface area (Å²) in [5, 5.41) is 22.2. The molecule has 2 aromatic carbocycles. The zero-order chi connectivity index (χ0) is 19.1. The van der Waals surface area contributed by atoms with Gasteiger partial charge < -0.3 is 4.74 Å². The van der Waals surface area contributed by atoms with Gasteiger partial charge in [-0.25, -0.2) is 4.98 Å². The number of nitrogens with zero attached hydrogens (tertiary/aromatic N) is 6. The van der Waals surface area contributed by atoms with E-state index in [0.29, 0.717) is 17.0 Å². The molecule has 4 aromatic rings. The molecule has 7 nitrogen and oxygen atoms in total. The Morgan fingerprint density at radius 3 is 2.43 bits per heavy atom. The Bertz CT molecular complexity index is 1200. The van der Waals surface area contributed by atoms with E-state index in [1.54, 1.807) is 30.0 Å².